The van der Waals surface area contributed by atoms with Gasteiger partial charge in [0.05, 0.1) is 29.5 Å². The van der Waals surface area contributed by atoms with Crippen molar-refractivity contribution in [3.05, 3.63) is 16.4 Å². The van der Waals surface area contributed by atoms with Crippen LogP contribution in [0.2, 0.25) is 0 Å². The van der Waals surface area contributed by atoms with Gasteiger partial charge >= 0.3 is 0 Å². The molecule has 6 heteroatoms. The average molecular weight is 349 g/mol. The van der Waals surface area contributed by atoms with E-state index in [0.29, 0.717) is 18.9 Å². The zero-order chi connectivity index (χ0) is 14.1. The fraction of sp³-hybridized carbons (Fsp3) is 0.769. The van der Waals surface area contributed by atoms with E-state index in [-0.39, 0.29) is 5.41 Å². The van der Waals surface area contributed by atoms with E-state index in [1.54, 1.807) is 25.1 Å². The Kier molecular flexibility index (Phi) is 4.65. The zero-order valence-electron chi connectivity index (χ0n) is 11.6. The molecule has 0 amide bonds. The smallest absolute Gasteiger partial charge is 0.121 e. The predicted molar refractivity (Wildman–Crippen MR) is 81.4 cm³/mol. The van der Waals surface area contributed by atoms with Crippen LogP contribution in [-0.2, 0) is 16.9 Å². The fourth-order valence-corrected chi connectivity index (χ4v) is 4.71. The van der Waals surface area contributed by atoms with Crippen LogP contribution in [0.4, 0.5) is 0 Å². The number of halogens is 1. The normalized spacial score (nSPS) is 26.6. The molecule has 2 rings (SSSR count). The lowest BCUT2D eigenvalue weighted by molar-refractivity contribution is -0.0657. The SMILES string of the molecule is COCCn1ncc(Br)c1C1(O)CSCCC1(C)C. The Balaban J connectivity index is 2.41. The van der Waals surface area contributed by atoms with Gasteiger partial charge in [-0.05, 0) is 28.1 Å². The molecule has 2 heterocycles. The molecule has 0 bridgehead atoms. The summed E-state index contributed by atoms with van der Waals surface area (Å²) in [6.07, 6.45) is 2.76. The number of ether oxygens (including phenoxy) is 1. The summed E-state index contributed by atoms with van der Waals surface area (Å²) in [4.78, 5) is 0. The maximum absolute atomic E-state index is 11.3. The summed E-state index contributed by atoms with van der Waals surface area (Å²) in [6, 6.07) is 0. The molecule has 0 radical (unpaired) electrons. The summed E-state index contributed by atoms with van der Waals surface area (Å²) < 4.78 is 7.86. The highest BCUT2D eigenvalue weighted by atomic mass is 79.9. The second-order valence-corrected chi connectivity index (χ2v) is 7.56. The van der Waals surface area contributed by atoms with Crippen LogP contribution < -0.4 is 0 Å². The number of hydrogen-bond acceptors (Lipinski definition) is 4. The molecule has 1 aromatic rings. The lowest BCUT2D eigenvalue weighted by Gasteiger charge is -2.46. The van der Waals surface area contributed by atoms with E-state index in [9.17, 15) is 5.11 Å². The summed E-state index contributed by atoms with van der Waals surface area (Å²) in [6.45, 7) is 5.50. The van der Waals surface area contributed by atoms with Crippen LogP contribution in [0.1, 0.15) is 26.0 Å². The molecule has 1 aliphatic rings. The lowest BCUT2D eigenvalue weighted by Crippen LogP contribution is -2.49. The number of aromatic nitrogens is 2. The van der Waals surface area contributed by atoms with E-state index in [2.05, 4.69) is 34.9 Å². The number of rotatable bonds is 4. The van der Waals surface area contributed by atoms with E-state index in [1.807, 2.05) is 4.68 Å². The monoisotopic (exact) mass is 348 g/mol. The Morgan fingerprint density at radius 1 is 1.58 bits per heavy atom. The number of aliphatic hydroxyl groups is 1. The summed E-state index contributed by atoms with van der Waals surface area (Å²) in [5, 5.41) is 15.6. The average Bonchev–Trinajstić information content (AvgIpc) is 2.72. The molecule has 1 N–H and O–H groups in total. The Morgan fingerprint density at radius 2 is 2.32 bits per heavy atom. The first-order valence-electron chi connectivity index (χ1n) is 6.43. The van der Waals surface area contributed by atoms with Gasteiger partial charge in [0.25, 0.3) is 0 Å². The Hall–Kier alpha value is -0.0400. The van der Waals surface area contributed by atoms with Gasteiger partial charge < -0.3 is 9.84 Å². The van der Waals surface area contributed by atoms with Gasteiger partial charge in [0.2, 0.25) is 0 Å². The molecule has 1 fully saturated rings. The molecule has 1 atom stereocenters. The first-order valence-corrected chi connectivity index (χ1v) is 8.38. The third-order valence-corrected chi connectivity index (χ3v) is 5.69. The van der Waals surface area contributed by atoms with Crippen molar-refractivity contribution >= 4 is 27.7 Å². The van der Waals surface area contributed by atoms with E-state index < -0.39 is 5.60 Å². The molecule has 1 aliphatic heterocycles. The molecule has 0 saturated carbocycles. The summed E-state index contributed by atoms with van der Waals surface area (Å²) >= 11 is 5.34. The van der Waals surface area contributed by atoms with Crippen molar-refractivity contribution < 1.29 is 9.84 Å². The van der Waals surface area contributed by atoms with Crippen LogP contribution in [0, 0.1) is 5.41 Å². The van der Waals surface area contributed by atoms with Crippen LogP contribution in [0.15, 0.2) is 10.7 Å². The van der Waals surface area contributed by atoms with Crippen molar-refractivity contribution in [2.45, 2.75) is 32.4 Å². The van der Waals surface area contributed by atoms with Gasteiger partial charge in [0.1, 0.15) is 5.60 Å². The van der Waals surface area contributed by atoms with Gasteiger partial charge in [-0.2, -0.15) is 16.9 Å². The van der Waals surface area contributed by atoms with Crippen LogP contribution in [-0.4, -0.2) is 40.1 Å². The maximum Gasteiger partial charge on any atom is 0.121 e. The Labute approximate surface area is 127 Å². The van der Waals surface area contributed by atoms with E-state index in [0.717, 1.165) is 22.3 Å². The van der Waals surface area contributed by atoms with Gasteiger partial charge in [-0.1, -0.05) is 13.8 Å². The van der Waals surface area contributed by atoms with Crippen molar-refractivity contribution in [1.29, 1.82) is 0 Å². The quantitative estimate of drug-likeness (QED) is 0.908. The number of thioether (sulfide) groups is 1. The zero-order valence-corrected chi connectivity index (χ0v) is 14.1. The largest absolute Gasteiger partial charge is 0.383 e. The molecule has 1 unspecified atom stereocenters. The van der Waals surface area contributed by atoms with Crippen molar-refractivity contribution in [2.24, 2.45) is 5.41 Å². The summed E-state index contributed by atoms with van der Waals surface area (Å²) in [5.74, 6) is 1.80. The highest BCUT2D eigenvalue weighted by molar-refractivity contribution is 9.10. The van der Waals surface area contributed by atoms with Crippen LogP contribution >= 0.6 is 27.7 Å². The minimum absolute atomic E-state index is 0.161. The first-order chi connectivity index (χ1) is 8.92. The molecule has 19 heavy (non-hydrogen) atoms. The minimum atomic E-state index is -0.862. The van der Waals surface area contributed by atoms with Gasteiger partial charge in [-0.25, -0.2) is 0 Å². The van der Waals surface area contributed by atoms with Crippen LogP contribution in [0.5, 0.6) is 0 Å². The lowest BCUT2D eigenvalue weighted by atomic mass is 9.71. The molecule has 108 valence electrons. The molecule has 4 nitrogen and oxygen atoms in total. The predicted octanol–water partition coefficient (Wildman–Crippen LogP) is 2.64. The standard InChI is InChI=1S/C13H21BrN2O2S/c1-12(2)4-7-19-9-13(12,17)11-10(14)8-15-16(11)5-6-18-3/h8,17H,4-7,9H2,1-3H3. The molecular formula is C13H21BrN2O2S. The minimum Gasteiger partial charge on any atom is -0.383 e. The van der Waals surface area contributed by atoms with Crippen molar-refractivity contribution in [3.8, 4) is 0 Å². The summed E-state index contributed by atoms with van der Waals surface area (Å²) in [5.41, 5.74) is -0.147. The second kappa shape index (κ2) is 5.76. The van der Waals surface area contributed by atoms with E-state index in [1.165, 1.54) is 0 Å². The third-order valence-electron chi connectivity index (χ3n) is 4.00. The molecule has 0 aliphatic carbocycles. The molecule has 1 saturated heterocycles. The molecule has 1 aromatic heterocycles. The second-order valence-electron chi connectivity index (χ2n) is 5.60. The van der Waals surface area contributed by atoms with E-state index in [4.69, 9.17) is 4.74 Å². The third kappa shape index (κ3) is 2.73. The topological polar surface area (TPSA) is 47.3 Å². The van der Waals surface area contributed by atoms with Gasteiger partial charge in [0.15, 0.2) is 0 Å². The van der Waals surface area contributed by atoms with Crippen molar-refractivity contribution in [3.63, 3.8) is 0 Å². The Morgan fingerprint density at radius 3 is 2.95 bits per heavy atom. The van der Waals surface area contributed by atoms with Crippen LogP contribution in [0.3, 0.4) is 0 Å². The molecule has 0 aromatic carbocycles. The van der Waals surface area contributed by atoms with Crippen molar-refractivity contribution in [1.82, 2.24) is 9.78 Å². The molecule has 0 spiro atoms. The number of methoxy groups -OCH3 is 1. The first kappa shape index (κ1) is 15.4. The van der Waals surface area contributed by atoms with Gasteiger partial charge in [0, 0.05) is 18.3 Å². The van der Waals surface area contributed by atoms with Gasteiger partial charge in [-0.15, -0.1) is 0 Å². The maximum atomic E-state index is 11.3. The summed E-state index contributed by atoms with van der Waals surface area (Å²) in [7, 11) is 1.67. The number of nitrogens with zero attached hydrogens (tertiary/aromatic N) is 2. The fourth-order valence-electron chi connectivity index (χ4n) is 2.46. The van der Waals surface area contributed by atoms with Gasteiger partial charge in [-0.3, -0.25) is 4.68 Å². The van der Waals surface area contributed by atoms with Crippen LogP contribution in [0.25, 0.3) is 0 Å². The molecular weight excluding hydrogens is 328 g/mol. The Bertz CT molecular complexity index is 450. The van der Waals surface area contributed by atoms with E-state index >= 15 is 0 Å². The highest BCUT2D eigenvalue weighted by Gasteiger charge is 2.49. The number of hydrogen-bond donors (Lipinski definition) is 1. The van der Waals surface area contributed by atoms with Crippen molar-refractivity contribution in [2.75, 3.05) is 25.2 Å². The highest BCUT2D eigenvalue weighted by Crippen LogP contribution is 2.50.